The number of sulfonamides is 1. The van der Waals surface area contributed by atoms with Crippen LogP contribution < -0.4 is 4.74 Å². The fourth-order valence-electron chi connectivity index (χ4n) is 4.07. The summed E-state index contributed by atoms with van der Waals surface area (Å²) < 4.78 is 48.2. The van der Waals surface area contributed by atoms with Gasteiger partial charge >= 0.3 is 0 Å². The highest BCUT2D eigenvalue weighted by atomic mass is 32.2. The van der Waals surface area contributed by atoms with Crippen molar-refractivity contribution in [3.63, 3.8) is 0 Å². The van der Waals surface area contributed by atoms with Crippen LogP contribution in [0.25, 0.3) is 6.08 Å². The number of aliphatic hydroxyl groups excluding tert-OH is 1. The van der Waals surface area contributed by atoms with Gasteiger partial charge < -0.3 is 9.84 Å². The first-order valence-electron chi connectivity index (χ1n) is 11.1. The molecule has 8 heteroatoms. The van der Waals surface area contributed by atoms with E-state index in [0.29, 0.717) is 18.8 Å². The molecule has 0 amide bonds. The fourth-order valence-corrected chi connectivity index (χ4v) is 5.90. The first-order chi connectivity index (χ1) is 15.6. The number of fused-ring (bicyclic) bond motifs is 1. The van der Waals surface area contributed by atoms with E-state index < -0.39 is 16.1 Å². The summed E-state index contributed by atoms with van der Waals surface area (Å²) >= 11 is 0. The van der Waals surface area contributed by atoms with Crippen molar-refractivity contribution in [2.24, 2.45) is 5.92 Å². The van der Waals surface area contributed by atoms with E-state index in [1.54, 1.807) is 31.2 Å². The van der Waals surface area contributed by atoms with Crippen molar-refractivity contribution in [1.29, 1.82) is 0 Å². The molecular weight excluding hydrogens is 443 g/mol. The van der Waals surface area contributed by atoms with Gasteiger partial charge in [0.25, 0.3) is 0 Å². The predicted molar refractivity (Wildman–Crippen MR) is 128 cm³/mol. The van der Waals surface area contributed by atoms with Gasteiger partial charge in [0.05, 0.1) is 6.61 Å². The zero-order valence-corrected chi connectivity index (χ0v) is 20.4. The van der Waals surface area contributed by atoms with Crippen molar-refractivity contribution in [3.8, 4) is 5.75 Å². The second-order valence-corrected chi connectivity index (χ2v) is 10.6. The minimum absolute atomic E-state index is 0.0979. The van der Waals surface area contributed by atoms with Gasteiger partial charge in [0.1, 0.15) is 22.6 Å². The summed E-state index contributed by atoms with van der Waals surface area (Å²) in [4.78, 5) is 2.14. The molecule has 0 radical (unpaired) electrons. The molecular formula is C25H33FN2O4S. The molecule has 1 N–H and O–H groups in total. The number of hydrogen-bond acceptors (Lipinski definition) is 5. The molecule has 3 rings (SSSR count). The van der Waals surface area contributed by atoms with E-state index in [0.717, 1.165) is 11.1 Å². The van der Waals surface area contributed by atoms with Gasteiger partial charge in [-0.1, -0.05) is 37.3 Å². The van der Waals surface area contributed by atoms with Crippen LogP contribution in [-0.2, 0) is 16.6 Å². The molecule has 0 fully saturated rings. The molecule has 180 valence electrons. The minimum Gasteiger partial charge on any atom is -0.487 e. The highest BCUT2D eigenvalue weighted by Gasteiger charge is 2.38. The van der Waals surface area contributed by atoms with Crippen molar-refractivity contribution in [1.82, 2.24) is 9.21 Å². The molecule has 2 aromatic rings. The summed E-state index contributed by atoms with van der Waals surface area (Å²) in [5.41, 5.74) is 1.69. The number of ether oxygens (including phenoxy) is 1. The van der Waals surface area contributed by atoms with E-state index in [1.807, 2.05) is 44.0 Å². The zero-order chi connectivity index (χ0) is 24.2. The lowest BCUT2D eigenvalue weighted by molar-refractivity contribution is 0.0733. The van der Waals surface area contributed by atoms with Crippen LogP contribution in [0, 0.1) is 11.7 Å². The Labute approximate surface area is 196 Å². The molecule has 6 nitrogen and oxygen atoms in total. The summed E-state index contributed by atoms with van der Waals surface area (Å²) in [5.74, 6) is -0.126. The smallest absolute Gasteiger partial charge is 0.247 e. The van der Waals surface area contributed by atoms with Gasteiger partial charge in [-0.3, -0.25) is 4.90 Å². The molecule has 3 atom stereocenters. The van der Waals surface area contributed by atoms with Crippen molar-refractivity contribution < 1.29 is 22.7 Å². The van der Waals surface area contributed by atoms with Crippen molar-refractivity contribution in [2.75, 3.05) is 26.7 Å². The Morgan fingerprint density at radius 3 is 2.73 bits per heavy atom. The minimum atomic E-state index is -3.85. The Bertz CT molecular complexity index is 1090. The van der Waals surface area contributed by atoms with Gasteiger partial charge in [-0.2, -0.15) is 4.31 Å². The Morgan fingerprint density at radius 1 is 1.30 bits per heavy atom. The summed E-state index contributed by atoms with van der Waals surface area (Å²) in [6, 6.07) is 11.0. The maximum absolute atomic E-state index is 13.6. The third kappa shape index (κ3) is 6.00. The zero-order valence-electron chi connectivity index (χ0n) is 19.6. The van der Waals surface area contributed by atoms with Crippen molar-refractivity contribution in [2.45, 2.75) is 44.4 Å². The standard InChI is InChI=1S/C25H33FN2O4S/c1-5-7-20-10-11-25-23(13-20)32-24(16-27(4)15-21-8-6-9-22(26)12-21)18(2)14-28(19(3)17-29)33(25,30)31/h5-13,18-19,24,29H,14-17H2,1-4H3/t18-,19-,24-/m1/s1. The Kier molecular flexibility index (Phi) is 8.28. The maximum atomic E-state index is 13.6. The number of halogens is 1. The molecule has 0 bridgehead atoms. The van der Waals surface area contributed by atoms with Crippen LogP contribution in [0.5, 0.6) is 5.75 Å². The molecule has 1 aliphatic rings. The molecule has 0 unspecified atom stereocenters. The third-order valence-electron chi connectivity index (χ3n) is 5.88. The second kappa shape index (κ2) is 10.8. The van der Waals surface area contributed by atoms with Crippen LogP contribution in [0.2, 0.25) is 0 Å². The van der Waals surface area contributed by atoms with Crippen LogP contribution in [0.1, 0.15) is 31.9 Å². The quantitative estimate of drug-likeness (QED) is 0.659. The van der Waals surface area contributed by atoms with Crippen LogP contribution in [0.15, 0.2) is 53.4 Å². The largest absolute Gasteiger partial charge is 0.487 e. The Hall–Kier alpha value is -2.26. The fraction of sp³-hybridized carbons (Fsp3) is 0.440. The molecule has 2 aromatic carbocycles. The number of rotatable bonds is 7. The number of benzene rings is 2. The lowest BCUT2D eigenvalue weighted by Crippen LogP contribution is -2.49. The van der Waals surface area contributed by atoms with Crippen molar-refractivity contribution in [3.05, 3.63) is 65.5 Å². The number of aliphatic hydroxyl groups is 1. The first kappa shape index (κ1) is 25.4. The van der Waals surface area contributed by atoms with E-state index in [-0.39, 0.29) is 35.9 Å². The highest BCUT2D eigenvalue weighted by Crippen LogP contribution is 2.34. The molecule has 33 heavy (non-hydrogen) atoms. The van der Waals surface area contributed by atoms with E-state index in [9.17, 15) is 17.9 Å². The van der Waals surface area contributed by atoms with Gasteiger partial charge in [-0.25, -0.2) is 12.8 Å². The number of likely N-dealkylation sites (N-methyl/N-ethyl adjacent to an activating group) is 1. The van der Waals surface area contributed by atoms with Crippen molar-refractivity contribution >= 4 is 16.1 Å². The molecule has 0 aliphatic carbocycles. The summed E-state index contributed by atoms with van der Waals surface area (Å²) in [5, 5.41) is 9.74. The summed E-state index contributed by atoms with van der Waals surface area (Å²) in [7, 11) is -1.92. The van der Waals surface area contributed by atoms with Gasteiger partial charge in [-0.15, -0.1) is 0 Å². The van der Waals surface area contributed by atoms with Gasteiger partial charge in [0.15, 0.2) is 0 Å². The molecule has 1 aliphatic heterocycles. The Balaban J connectivity index is 1.96. The topological polar surface area (TPSA) is 70.1 Å². The lowest BCUT2D eigenvalue weighted by atomic mass is 10.0. The first-order valence-corrected chi connectivity index (χ1v) is 12.6. The molecule has 0 aromatic heterocycles. The average molecular weight is 477 g/mol. The van der Waals surface area contributed by atoms with Gasteiger partial charge in [0.2, 0.25) is 10.0 Å². The molecule has 1 heterocycles. The van der Waals surface area contributed by atoms with E-state index in [4.69, 9.17) is 4.74 Å². The maximum Gasteiger partial charge on any atom is 0.247 e. The molecule has 0 saturated heterocycles. The normalized spacial score (nSPS) is 21.9. The van der Waals surface area contributed by atoms with Crippen LogP contribution in [-0.4, -0.2) is 61.6 Å². The number of allylic oxidation sites excluding steroid dienone is 1. The summed E-state index contributed by atoms with van der Waals surface area (Å²) in [6.45, 7) is 6.55. The number of hydrogen-bond donors (Lipinski definition) is 1. The van der Waals surface area contributed by atoms with Gasteiger partial charge in [0, 0.05) is 31.6 Å². The number of nitrogens with zero attached hydrogens (tertiary/aromatic N) is 2. The van der Waals surface area contributed by atoms with E-state index in [1.165, 1.54) is 16.4 Å². The molecule has 0 spiro atoms. The molecule has 0 saturated carbocycles. The Morgan fingerprint density at radius 2 is 2.06 bits per heavy atom. The SMILES string of the molecule is CC=Cc1ccc2c(c1)O[C@H](CN(C)Cc1cccc(F)c1)[C@H](C)CN([C@H](C)CO)S2(=O)=O. The average Bonchev–Trinajstić information content (AvgIpc) is 2.76. The van der Waals surface area contributed by atoms with Gasteiger partial charge in [-0.05, 0) is 56.3 Å². The predicted octanol–water partition coefficient (Wildman–Crippen LogP) is 3.76. The highest BCUT2D eigenvalue weighted by molar-refractivity contribution is 7.89. The second-order valence-electron chi connectivity index (χ2n) is 8.77. The van der Waals surface area contributed by atoms with Crippen LogP contribution >= 0.6 is 0 Å². The van der Waals surface area contributed by atoms with Crippen LogP contribution in [0.4, 0.5) is 4.39 Å². The van der Waals surface area contributed by atoms with E-state index in [2.05, 4.69) is 0 Å². The lowest BCUT2D eigenvalue weighted by Gasteiger charge is -2.37. The van der Waals surface area contributed by atoms with Crippen LogP contribution in [0.3, 0.4) is 0 Å². The third-order valence-corrected chi connectivity index (χ3v) is 7.90. The monoisotopic (exact) mass is 476 g/mol. The van der Waals surface area contributed by atoms with E-state index >= 15 is 0 Å². The summed E-state index contributed by atoms with van der Waals surface area (Å²) in [6.07, 6.45) is 3.45.